The molecule has 3 rings (SSSR count). The number of anilines is 1. The highest BCUT2D eigenvalue weighted by Gasteiger charge is 2.24. The lowest BCUT2D eigenvalue weighted by atomic mass is 10.1. The van der Waals surface area contributed by atoms with E-state index in [1.54, 1.807) is 0 Å². The molecule has 0 radical (unpaired) electrons. The summed E-state index contributed by atoms with van der Waals surface area (Å²) in [4.78, 5) is 29.0. The van der Waals surface area contributed by atoms with Gasteiger partial charge in [-0.15, -0.1) is 0 Å². The number of carbonyl (C=O) groups excluding carboxylic acids is 2. The third kappa shape index (κ3) is 4.76. The molecule has 0 aliphatic carbocycles. The lowest BCUT2D eigenvalue weighted by molar-refractivity contribution is -0.117. The van der Waals surface area contributed by atoms with Crippen LogP contribution in [0.25, 0.3) is 0 Å². The second-order valence-corrected chi connectivity index (χ2v) is 7.70. The maximum absolute atomic E-state index is 12.7. The SMILES string of the molecule is Cc1cccc(NC(=O)CN2CCN(C(=O)c3ccccc3Br)CC2)c1C. The maximum atomic E-state index is 12.7. The first-order valence-electron chi connectivity index (χ1n) is 9.08. The van der Waals surface area contributed by atoms with E-state index in [1.165, 1.54) is 0 Å². The van der Waals surface area contributed by atoms with Crippen molar-refractivity contribution in [1.29, 1.82) is 0 Å². The van der Waals surface area contributed by atoms with Crippen molar-refractivity contribution < 1.29 is 9.59 Å². The fourth-order valence-electron chi connectivity index (χ4n) is 3.19. The summed E-state index contributed by atoms with van der Waals surface area (Å²) in [5, 5.41) is 3.00. The number of carbonyl (C=O) groups is 2. The standard InChI is InChI=1S/C21H24BrN3O2/c1-15-6-5-9-19(16(15)2)23-20(26)14-24-10-12-25(13-11-24)21(27)17-7-3-4-8-18(17)22/h3-9H,10-14H2,1-2H3,(H,23,26). The van der Waals surface area contributed by atoms with Gasteiger partial charge in [-0.05, 0) is 59.1 Å². The Morgan fingerprint density at radius 3 is 2.41 bits per heavy atom. The Morgan fingerprint density at radius 1 is 1.00 bits per heavy atom. The summed E-state index contributed by atoms with van der Waals surface area (Å²) in [6, 6.07) is 13.4. The second kappa shape index (κ2) is 8.67. The number of aryl methyl sites for hydroxylation is 1. The van der Waals surface area contributed by atoms with Crippen LogP contribution in [0, 0.1) is 13.8 Å². The van der Waals surface area contributed by atoms with Crippen molar-refractivity contribution in [2.75, 3.05) is 38.0 Å². The molecule has 1 aliphatic heterocycles. The zero-order valence-corrected chi connectivity index (χ0v) is 17.3. The molecule has 2 amide bonds. The van der Waals surface area contributed by atoms with E-state index in [9.17, 15) is 9.59 Å². The summed E-state index contributed by atoms with van der Waals surface area (Å²) >= 11 is 3.44. The summed E-state index contributed by atoms with van der Waals surface area (Å²) in [7, 11) is 0. The fraction of sp³-hybridized carbons (Fsp3) is 0.333. The zero-order valence-electron chi connectivity index (χ0n) is 15.7. The molecule has 0 bridgehead atoms. The second-order valence-electron chi connectivity index (χ2n) is 6.84. The molecular weight excluding hydrogens is 406 g/mol. The van der Waals surface area contributed by atoms with Gasteiger partial charge in [0.2, 0.25) is 5.91 Å². The lowest BCUT2D eigenvalue weighted by Gasteiger charge is -2.34. The first-order chi connectivity index (χ1) is 13.0. The molecule has 1 aliphatic rings. The van der Waals surface area contributed by atoms with E-state index in [1.807, 2.05) is 61.2 Å². The van der Waals surface area contributed by atoms with Crippen LogP contribution in [0.2, 0.25) is 0 Å². The van der Waals surface area contributed by atoms with E-state index < -0.39 is 0 Å². The van der Waals surface area contributed by atoms with Crippen LogP contribution in [0.15, 0.2) is 46.9 Å². The van der Waals surface area contributed by atoms with Crippen LogP contribution in [-0.2, 0) is 4.79 Å². The molecule has 0 aromatic heterocycles. The van der Waals surface area contributed by atoms with Crippen LogP contribution in [0.5, 0.6) is 0 Å². The van der Waals surface area contributed by atoms with E-state index in [0.717, 1.165) is 21.3 Å². The maximum Gasteiger partial charge on any atom is 0.255 e. The van der Waals surface area contributed by atoms with Crippen molar-refractivity contribution in [3.8, 4) is 0 Å². The summed E-state index contributed by atoms with van der Waals surface area (Å²) in [5.41, 5.74) is 3.79. The van der Waals surface area contributed by atoms with Gasteiger partial charge in [-0.2, -0.15) is 0 Å². The third-order valence-electron chi connectivity index (χ3n) is 5.01. The average Bonchev–Trinajstić information content (AvgIpc) is 2.66. The van der Waals surface area contributed by atoms with Gasteiger partial charge in [0, 0.05) is 36.3 Å². The molecule has 0 atom stereocenters. The largest absolute Gasteiger partial charge is 0.336 e. The Kier molecular flexibility index (Phi) is 6.29. The highest BCUT2D eigenvalue weighted by molar-refractivity contribution is 9.10. The van der Waals surface area contributed by atoms with Crippen molar-refractivity contribution >= 4 is 33.4 Å². The molecule has 2 aromatic carbocycles. The minimum atomic E-state index is -0.0192. The van der Waals surface area contributed by atoms with E-state index in [-0.39, 0.29) is 11.8 Å². The quantitative estimate of drug-likeness (QED) is 0.809. The highest BCUT2D eigenvalue weighted by Crippen LogP contribution is 2.19. The summed E-state index contributed by atoms with van der Waals surface area (Å²) < 4.78 is 0.810. The summed E-state index contributed by atoms with van der Waals surface area (Å²) in [6.45, 7) is 7.01. The molecular formula is C21H24BrN3O2. The number of hydrogen-bond acceptors (Lipinski definition) is 3. The molecule has 5 nitrogen and oxygen atoms in total. The topological polar surface area (TPSA) is 52.7 Å². The molecule has 1 N–H and O–H groups in total. The molecule has 27 heavy (non-hydrogen) atoms. The molecule has 0 saturated carbocycles. The van der Waals surface area contributed by atoms with E-state index in [0.29, 0.717) is 38.3 Å². The first kappa shape index (κ1) is 19.6. The fourth-order valence-corrected chi connectivity index (χ4v) is 3.65. The molecule has 6 heteroatoms. The van der Waals surface area contributed by atoms with Gasteiger partial charge in [-0.3, -0.25) is 14.5 Å². The van der Waals surface area contributed by atoms with Crippen LogP contribution in [-0.4, -0.2) is 54.3 Å². The lowest BCUT2D eigenvalue weighted by Crippen LogP contribution is -2.50. The van der Waals surface area contributed by atoms with Gasteiger partial charge in [0.15, 0.2) is 0 Å². The van der Waals surface area contributed by atoms with Gasteiger partial charge < -0.3 is 10.2 Å². The van der Waals surface area contributed by atoms with Gasteiger partial charge in [-0.1, -0.05) is 24.3 Å². The van der Waals surface area contributed by atoms with E-state index in [4.69, 9.17) is 0 Å². The Hall–Kier alpha value is -2.18. The van der Waals surface area contributed by atoms with Gasteiger partial charge in [0.25, 0.3) is 5.91 Å². The number of amides is 2. The van der Waals surface area contributed by atoms with Crippen LogP contribution in [0.4, 0.5) is 5.69 Å². The van der Waals surface area contributed by atoms with Crippen LogP contribution in [0.1, 0.15) is 21.5 Å². The summed E-state index contributed by atoms with van der Waals surface area (Å²) in [6.07, 6.45) is 0. The van der Waals surface area contributed by atoms with Gasteiger partial charge in [0.1, 0.15) is 0 Å². The summed E-state index contributed by atoms with van der Waals surface area (Å²) in [5.74, 6) is 0.0104. The monoisotopic (exact) mass is 429 g/mol. The van der Waals surface area contributed by atoms with E-state index >= 15 is 0 Å². The van der Waals surface area contributed by atoms with Crippen molar-refractivity contribution in [2.45, 2.75) is 13.8 Å². The van der Waals surface area contributed by atoms with Crippen molar-refractivity contribution in [2.24, 2.45) is 0 Å². The number of halogens is 1. The van der Waals surface area contributed by atoms with Crippen LogP contribution in [0.3, 0.4) is 0 Å². The van der Waals surface area contributed by atoms with Gasteiger partial charge >= 0.3 is 0 Å². The predicted octanol–water partition coefficient (Wildman–Crippen LogP) is 3.46. The van der Waals surface area contributed by atoms with Crippen LogP contribution >= 0.6 is 15.9 Å². The molecule has 0 spiro atoms. The number of hydrogen-bond donors (Lipinski definition) is 1. The van der Waals surface area contributed by atoms with Crippen molar-refractivity contribution in [3.63, 3.8) is 0 Å². The Morgan fingerprint density at radius 2 is 1.70 bits per heavy atom. The van der Waals surface area contributed by atoms with Crippen LogP contribution < -0.4 is 5.32 Å². The average molecular weight is 430 g/mol. The minimum absolute atomic E-state index is 0.0192. The number of nitrogens with zero attached hydrogens (tertiary/aromatic N) is 2. The molecule has 1 heterocycles. The highest BCUT2D eigenvalue weighted by atomic mass is 79.9. The Labute approximate surface area is 168 Å². The van der Waals surface area contributed by atoms with Crippen molar-refractivity contribution in [1.82, 2.24) is 9.80 Å². The predicted molar refractivity (Wildman–Crippen MR) is 111 cm³/mol. The number of benzene rings is 2. The molecule has 1 saturated heterocycles. The normalized spacial score (nSPS) is 14.9. The third-order valence-corrected chi connectivity index (χ3v) is 5.70. The van der Waals surface area contributed by atoms with E-state index in [2.05, 4.69) is 26.1 Å². The molecule has 1 fully saturated rings. The minimum Gasteiger partial charge on any atom is -0.336 e. The first-order valence-corrected chi connectivity index (χ1v) is 9.87. The number of nitrogens with one attached hydrogen (secondary N) is 1. The molecule has 2 aromatic rings. The van der Waals surface area contributed by atoms with Crippen molar-refractivity contribution in [3.05, 3.63) is 63.6 Å². The number of rotatable bonds is 4. The molecule has 0 unspecified atom stereocenters. The van der Waals surface area contributed by atoms with Gasteiger partial charge in [0.05, 0.1) is 12.1 Å². The number of piperazine rings is 1. The smallest absolute Gasteiger partial charge is 0.255 e. The Balaban J connectivity index is 1.52. The zero-order chi connectivity index (χ0) is 19.4. The van der Waals surface area contributed by atoms with Gasteiger partial charge in [-0.25, -0.2) is 0 Å². The Bertz CT molecular complexity index is 845. The molecule has 142 valence electrons.